The number of nitrogens with one attached hydrogen (secondary N) is 1. The third-order valence-electron chi connectivity index (χ3n) is 3.81. The van der Waals surface area contributed by atoms with Gasteiger partial charge in [0.25, 0.3) is 0 Å². The van der Waals surface area contributed by atoms with Crippen molar-refractivity contribution in [2.75, 3.05) is 26.2 Å². The molecular formula is C18H30N2O. The summed E-state index contributed by atoms with van der Waals surface area (Å²) in [4.78, 5) is 2.54. The van der Waals surface area contributed by atoms with E-state index < -0.39 is 0 Å². The van der Waals surface area contributed by atoms with Crippen molar-refractivity contribution in [3.05, 3.63) is 35.9 Å². The number of hydrogen-bond acceptors (Lipinski definition) is 3. The highest BCUT2D eigenvalue weighted by Gasteiger charge is 2.21. The topological polar surface area (TPSA) is 24.5 Å². The molecule has 0 spiro atoms. The highest BCUT2D eigenvalue weighted by atomic mass is 16.5. The summed E-state index contributed by atoms with van der Waals surface area (Å²) >= 11 is 0. The van der Waals surface area contributed by atoms with E-state index in [0.29, 0.717) is 6.04 Å². The van der Waals surface area contributed by atoms with Gasteiger partial charge in [0.2, 0.25) is 0 Å². The van der Waals surface area contributed by atoms with Crippen molar-refractivity contribution < 1.29 is 4.74 Å². The molecule has 0 amide bonds. The zero-order valence-corrected chi connectivity index (χ0v) is 13.8. The van der Waals surface area contributed by atoms with Gasteiger partial charge in [-0.1, -0.05) is 30.3 Å². The molecule has 1 N–H and O–H groups in total. The maximum Gasteiger partial charge on any atom is 0.0598 e. The lowest BCUT2D eigenvalue weighted by Crippen LogP contribution is -2.33. The van der Waals surface area contributed by atoms with Crippen LogP contribution in [0.2, 0.25) is 0 Å². The Bertz CT molecular complexity index is 399. The van der Waals surface area contributed by atoms with Crippen LogP contribution in [0.4, 0.5) is 0 Å². The number of likely N-dealkylation sites (tertiary alicyclic amines) is 1. The second-order valence-corrected chi connectivity index (χ2v) is 6.97. The van der Waals surface area contributed by atoms with Crippen molar-refractivity contribution in [3.8, 4) is 0 Å². The van der Waals surface area contributed by atoms with E-state index in [-0.39, 0.29) is 5.60 Å². The monoisotopic (exact) mass is 290 g/mol. The molecule has 0 aromatic heterocycles. The van der Waals surface area contributed by atoms with Crippen LogP contribution >= 0.6 is 0 Å². The van der Waals surface area contributed by atoms with Crippen LogP contribution in [0, 0.1) is 0 Å². The molecule has 21 heavy (non-hydrogen) atoms. The molecule has 1 saturated heterocycles. The van der Waals surface area contributed by atoms with Gasteiger partial charge in [-0.2, -0.15) is 0 Å². The summed E-state index contributed by atoms with van der Waals surface area (Å²) in [5.74, 6) is 0. The summed E-state index contributed by atoms with van der Waals surface area (Å²) in [6.07, 6.45) is 2.35. The molecule has 1 aromatic carbocycles. The second kappa shape index (κ2) is 7.92. The summed E-state index contributed by atoms with van der Waals surface area (Å²) in [7, 11) is 0. The van der Waals surface area contributed by atoms with Gasteiger partial charge >= 0.3 is 0 Å². The molecule has 1 heterocycles. The number of rotatable bonds is 7. The Kier molecular flexibility index (Phi) is 6.22. The van der Waals surface area contributed by atoms with E-state index in [1.807, 2.05) is 0 Å². The molecule has 0 radical (unpaired) electrons. The van der Waals surface area contributed by atoms with Gasteiger partial charge in [0.1, 0.15) is 0 Å². The second-order valence-electron chi connectivity index (χ2n) is 6.97. The van der Waals surface area contributed by atoms with Gasteiger partial charge in [-0.15, -0.1) is 0 Å². The minimum Gasteiger partial charge on any atom is -0.376 e. The van der Waals surface area contributed by atoms with Gasteiger partial charge in [-0.3, -0.25) is 4.90 Å². The van der Waals surface area contributed by atoms with Gasteiger partial charge in [0, 0.05) is 32.3 Å². The SMILES string of the molecule is CC(C)(C)OCCCNC1CCN(Cc2ccccc2)C1. The molecule has 3 nitrogen and oxygen atoms in total. The lowest BCUT2D eigenvalue weighted by Gasteiger charge is -2.20. The minimum absolute atomic E-state index is 0.0140. The van der Waals surface area contributed by atoms with Crippen molar-refractivity contribution >= 4 is 0 Å². The first-order chi connectivity index (χ1) is 10.0. The fraction of sp³-hybridized carbons (Fsp3) is 0.667. The lowest BCUT2D eigenvalue weighted by molar-refractivity contribution is -0.00393. The predicted octanol–water partition coefficient (Wildman–Crippen LogP) is 3.06. The third-order valence-corrected chi connectivity index (χ3v) is 3.81. The van der Waals surface area contributed by atoms with E-state index in [4.69, 9.17) is 4.74 Å². The molecule has 118 valence electrons. The number of hydrogen-bond donors (Lipinski definition) is 1. The maximum atomic E-state index is 5.74. The van der Waals surface area contributed by atoms with E-state index in [0.717, 1.165) is 32.7 Å². The minimum atomic E-state index is -0.0140. The Morgan fingerprint density at radius 2 is 2.00 bits per heavy atom. The zero-order valence-electron chi connectivity index (χ0n) is 13.8. The number of benzene rings is 1. The molecule has 1 aliphatic rings. The fourth-order valence-electron chi connectivity index (χ4n) is 2.74. The van der Waals surface area contributed by atoms with Crippen LogP contribution in [-0.2, 0) is 11.3 Å². The van der Waals surface area contributed by atoms with Gasteiger partial charge in [-0.25, -0.2) is 0 Å². The van der Waals surface area contributed by atoms with Crippen LogP contribution in [0.5, 0.6) is 0 Å². The van der Waals surface area contributed by atoms with E-state index >= 15 is 0 Å². The molecule has 1 atom stereocenters. The molecular weight excluding hydrogens is 260 g/mol. The van der Waals surface area contributed by atoms with Crippen molar-refractivity contribution in [2.24, 2.45) is 0 Å². The van der Waals surface area contributed by atoms with E-state index in [1.54, 1.807) is 0 Å². The van der Waals surface area contributed by atoms with Crippen molar-refractivity contribution in [2.45, 2.75) is 51.8 Å². The first-order valence-electron chi connectivity index (χ1n) is 8.16. The Labute approximate surface area is 129 Å². The first kappa shape index (κ1) is 16.5. The van der Waals surface area contributed by atoms with Crippen LogP contribution in [0.3, 0.4) is 0 Å². The summed E-state index contributed by atoms with van der Waals surface area (Å²) in [5.41, 5.74) is 1.40. The Morgan fingerprint density at radius 3 is 2.71 bits per heavy atom. The normalized spacial score (nSPS) is 20.0. The van der Waals surface area contributed by atoms with Crippen molar-refractivity contribution in [3.63, 3.8) is 0 Å². The van der Waals surface area contributed by atoms with Crippen LogP contribution in [0.25, 0.3) is 0 Å². The highest BCUT2D eigenvalue weighted by molar-refractivity contribution is 5.14. The van der Waals surface area contributed by atoms with Crippen LogP contribution in [-0.4, -0.2) is 42.8 Å². The molecule has 0 bridgehead atoms. The molecule has 1 aromatic rings. The molecule has 3 heteroatoms. The average Bonchev–Trinajstić information content (AvgIpc) is 2.86. The summed E-state index contributed by atoms with van der Waals surface area (Å²) < 4.78 is 5.74. The standard InChI is InChI=1S/C18H30N2O/c1-18(2,3)21-13-7-11-19-17-10-12-20(15-17)14-16-8-5-4-6-9-16/h4-6,8-9,17,19H,7,10-15H2,1-3H3. The van der Waals surface area contributed by atoms with Crippen molar-refractivity contribution in [1.82, 2.24) is 10.2 Å². The van der Waals surface area contributed by atoms with E-state index in [9.17, 15) is 0 Å². The zero-order chi connectivity index (χ0) is 15.1. The molecule has 0 aliphatic carbocycles. The summed E-state index contributed by atoms with van der Waals surface area (Å²) in [5, 5.41) is 3.66. The van der Waals surface area contributed by atoms with Gasteiger partial charge in [0.15, 0.2) is 0 Å². The third kappa shape index (κ3) is 6.60. The quantitative estimate of drug-likeness (QED) is 0.781. The molecule has 0 saturated carbocycles. The number of ether oxygens (including phenoxy) is 1. The smallest absolute Gasteiger partial charge is 0.0598 e. The Hall–Kier alpha value is -0.900. The lowest BCUT2D eigenvalue weighted by atomic mass is 10.2. The predicted molar refractivity (Wildman–Crippen MR) is 88.4 cm³/mol. The Balaban J connectivity index is 1.58. The first-order valence-corrected chi connectivity index (χ1v) is 8.16. The highest BCUT2D eigenvalue weighted by Crippen LogP contribution is 2.13. The van der Waals surface area contributed by atoms with E-state index in [2.05, 4.69) is 61.3 Å². The van der Waals surface area contributed by atoms with Gasteiger partial charge < -0.3 is 10.1 Å². The molecule has 1 aliphatic heterocycles. The van der Waals surface area contributed by atoms with Gasteiger partial charge in [-0.05, 0) is 45.7 Å². The number of nitrogens with zero attached hydrogens (tertiary/aromatic N) is 1. The van der Waals surface area contributed by atoms with E-state index in [1.165, 1.54) is 18.5 Å². The molecule has 2 rings (SSSR count). The Morgan fingerprint density at radius 1 is 1.24 bits per heavy atom. The van der Waals surface area contributed by atoms with Crippen molar-refractivity contribution in [1.29, 1.82) is 0 Å². The van der Waals surface area contributed by atoms with Gasteiger partial charge in [0.05, 0.1) is 5.60 Å². The fourth-order valence-corrected chi connectivity index (χ4v) is 2.74. The van der Waals surface area contributed by atoms with Crippen LogP contribution < -0.4 is 5.32 Å². The largest absolute Gasteiger partial charge is 0.376 e. The summed E-state index contributed by atoms with van der Waals surface area (Å²) in [6, 6.07) is 11.4. The van der Waals surface area contributed by atoms with Crippen LogP contribution in [0.15, 0.2) is 30.3 Å². The average molecular weight is 290 g/mol. The molecule has 1 fully saturated rings. The van der Waals surface area contributed by atoms with Crippen LogP contribution in [0.1, 0.15) is 39.2 Å². The summed E-state index contributed by atoms with van der Waals surface area (Å²) in [6.45, 7) is 11.7. The maximum absolute atomic E-state index is 5.74. The molecule has 1 unspecified atom stereocenters.